The van der Waals surface area contributed by atoms with Gasteiger partial charge in [0.15, 0.2) is 11.7 Å². The maximum atomic E-state index is 9.34. The average molecular weight is 217 g/mol. The van der Waals surface area contributed by atoms with Gasteiger partial charge in [-0.1, -0.05) is 0 Å². The third-order valence-electron chi connectivity index (χ3n) is 2.17. The SMILES string of the molecule is Cc1ncc(C(=N)c2cc(O)ccc2N)o1. The summed E-state index contributed by atoms with van der Waals surface area (Å²) in [4.78, 5) is 3.90. The number of nitrogen functional groups attached to an aromatic ring is 1. The highest BCUT2D eigenvalue weighted by molar-refractivity contribution is 6.12. The molecule has 0 spiro atoms. The first-order valence-electron chi connectivity index (χ1n) is 4.68. The molecule has 0 aliphatic heterocycles. The monoisotopic (exact) mass is 217 g/mol. The Balaban J connectivity index is 2.45. The van der Waals surface area contributed by atoms with Crippen molar-refractivity contribution >= 4 is 11.4 Å². The van der Waals surface area contributed by atoms with E-state index in [-0.39, 0.29) is 11.5 Å². The van der Waals surface area contributed by atoms with Crippen LogP contribution in [0.4, 0.5) is 5.69 Å². The van der Waals surface area contributed by atoms with E-state index in [0.717, 1.165) is 0 Å². The predicted octanol–water partition coefficient (Wildman–Crippen LogP) is 1.69. The molecular weight excluding hydrogens is 206 g/mol. The summed E-state index contributed by atoms with van der Waals surface area (Å²) in [6.45, 7) is 1.70. The summed E-state index contributed by atoms with van der Waals surface area (Å²) in [6.07, 6.45) is 1.46. The normalized spacial score (nSPS) is 10.3. The lowest BCUT2D eigenvalue weighted by Crippen LogP contribution is -2.04. The number of anilines is 1. The van der Waals surface area contributed by atoms with Gasteiger partial charge in [0.05, 0.1) is 6.20 Å². The highest BCUT2D eigenvalue weighted by Gasteiger charge is 2.13. The fourth-order valence-electron chi connectivity index (χ4n) is 1.37. The van der Waals surface area contributed by atoms with Crippen molar-refractivity contribution in [1.29, 1.82) is 5.41 Å². The van der Waals surface area contributed by atoms with E-state index < -0.39 is 0 Å². The second-order valence-corrected chi connectivity index (χ2v) is 3.39. The Hall–Kier alpha value is -2.30. The average Bonchev–Trinajstić information content (AvgIpc) is 2.67. The smallest absolute Gasteiger partial charge is 0.191 e. The van der Waals surface area contributed by atoms with E-state index in [2.05, 4.69) is 4.98 Å². The van der Waals surface area contributed by atoms with Gasteiger partial charge in [-0.3, -0.25) is 5.41 Å². The van der Waals surface area contributed by atoms with Gasteiger partial charge in [0.1, 0.15) is 11.5 Å². The zero-order valence-corrected chi connectivity index (χ0v) is 8.69. The van der Waals surface area contributed by atoms with Gasteiger partial charge in [-0.15, -0.1) is 0 Å². The molecule has 0 aliphatic rings. The van der Waals surface area contributed by atoms with E-state index in [1.165, 1.54) is 18.3 Å². The highest BCUT2D eigenvalue weighted by atomic mass is 16.4. The van der Waals surface area contributed by atoms with Crippen LogP contribution in [0, 0.1) is 12.3 Å². The van der Waals surface area contributed by atoms with E-state index in [0.29, 0.717) is 22.9 Å². The summed E-state index contributed by atoms with van der Waals surface area (Å²) in [5, 5.41) is 17.2. The molecule has 5 nitrogen and oxygen atoms in total. The minimum atomic E-state index is 0.0604. The summed E-state index contributed by atoms with van der Waals surface area (Å²) in [6, 6.07) is 4.44. The van der Waals surface area contributed by atoms with Crippen LogP contribution in [0.5, 0.6) is 5.75 Å². The maximum absolute atomic E-state index is 9.34. The van der Waals surface area contributed by atoms with E-state index in [4.69, 9.17) is 15.6 Å². The van der Waals surface area contributed by atoms with Crippen molar-refractivity contribution in [2.24, 2.45) is 0 Å². The van der Waals surface area contributed by atoms with Crippen molar-refractivity contribution in [3.8, 4) is 5.75 Å². The number of benzene rings is 1. The third-order valence-corrected chi connectivity index (χ3v) is 2.17. The van der Waals surface area contributed by atoms with Gasteiger partial charge < -0.3 is 15.3 Å². The molecule has 0 atom stereocenters. The number of aromatic hydroxyl groups is 1. The number of hydrogen-bond acceptors (Lipinski definition) is 5. The lowest BCUT2D eigenvalue weighted by molar-refractivity contribution is 0.475. The molecule has 1 aromatic carbocycles. The Kier molecular flexibility index (Phi) is 2.36. The number of nitrogens with one attached hydrogen (secondary N) is 1. The van der Waals surface area contributed by atoms with Crippen molar-refractivity contribution in [3.05, 3.63) is 41.6 Å². The lowest BCUT2D eigenvalue weighted by Gasteiger charge is -2.05. The molecule has 0 amide bonds. The van der Waals surface area contributed by atoms with Crippen LogP contribution in [-0.2, 0) is 0 Å². The topological polar surface area (TPSA) is 96.1 Å². The van der Waals surface area contributed by atoms with E-state index >= 15 is 0 Å². The summed E-state index contributed by atoms with van der Waals surface area (Å²) in [7, 11) is 0. The van der Waals surface area contributed by atoms with E-state index in [9.17, 15) is 5.11 Å². The molecule has 0 bridgehead atoms. The minimum Gasteiger partial charge on any atom is -0.508 e. The van der Waals surface area contributed by atoms with Crippen LogP contribution in [0.3, 0.4) is 0 Å². The fraction of sp³-hybridized carbons (Fsp3) is 0.0909. The molecule has 82 valence electrons. The molecule has 0 unspecified atom stereocenters. The summed E-state index contributed by atoms with van der Waals surface area (Å²) in [5.74, 6) is 0.874. The van der Waals surface area contributed by atoms with Crippen molar-refractivity contribution in [2.75, 3.05) is 5.73 Å². The molecular formula is C11H11N3O2. The number of aryl methyl sites for hydroxylation is 1. The molecule has 0 aliphatic carbocycles. The zero-order valence-electron chi connectivity index (χ0n) is 8.69. The molecule has 4 N–H and O–H groups in total. The number of phenols is 1. The van der Waals surface area contributed by atoms with Crippen molar-refractivity contribution in [3.63, 3.8) is 0 Å². The molecule has 2 rings (SSSR count). The fourth-order valence-corrected chi connectivity index (χ4v) is 1.37. The Morgan fingerprint density at radius 1 is 1.50 bits per heavy atom. The van der Waals surface area contributed by atoms with Gasteiger partial charge in [0, 0.05) is 18.2 Å². The first kappa shape index (κ1) is 10.2. The Labute approximate surface area is 92.1 Å². The van der Waals surface area contributed by atoms with Crippen LogP contribution in [0.2, 0.25) is 0 Å². The van der Waals surface area contributed by atoms with Gasteiger partial charge in [-0.25, -0.2) is 4.98 Å². The standard InChI is InChI=1S/C11H11N3O2/c1-6-14-5-10(16-6)11(13)8-4-7(15)2-3-9(8)12/h2-5,13,15H,12H2,1H3. The quantitative estimate of drug-likeness (QED) is 0.405. The molecule has 1 heterocycles. The molecule has 0 radical (unpaired) electrons. The molecule has 0 saturated carbocycles. The number of nitrogens with two attached hydrogens (primary N) is 1. The largest absolute Gasteiger partial charge is 0.508 e. The second kappa shape index (κ2) is 3.69. The van der Waals surface area contributed by atoms with Crippen LogP contribution in [0.15, 0.2) is 28.8 Å². The van der Waals surface area contributed by atoms with Crippen molar-refractivity contribution in [2.45, 2.75) is 6.92 Å². The summed E-state index contributed by atoms with van der Waals surface area (Å²) in [5.41, 5.74) is 6.67. The van der Waals surface area contributed by atoms with Crippen molar-refractivity contribution in [1.82, 2.24) is 4.98 Å². The van der Waals surface area contributed by atoms with Gasteiger partial charge in [-0.05, 0) is 18.2 Å². The van der Waals surface area contributed by atoms with Crippen LogP contribution in [0.25, 0.3) is 0 Å². The number of aromatic nitrogens is 1. The summed E-state index contributed by atoms with van der Waals surface area (Å²) < 4.78 is 5.22. The van der Waals surface area contributed by atoms with E-state index in [1.54, 1.807) is 13.0 Å². The lowest BCUT2D eigenvalue weighted by atomic mass is 10.1. The van der Waals surface area contributed by atoms with Crippen LogP contribution in [-0.4, -0.2) is 15.8 Å². The number of rotatable bonds is 2. The molecule has 5 heteroatoms. The van der Waals surface area contributed by atoms with Crippen LogP contribution in [0.1, 0.15) is 17.2 Å². The first-order chi connectivity index (χ1) is 7.58. The maximum Gasteiger partial charge on any atom is 0.191 e. The molecule has 0 saturated heterocycles. The molecule has 2 aromatic rings. The Morgan fingerprint density at radius 2 is 2.25 bits per heavy atom. The zero-order chi connectivity index (χ0) is 11.7. The minimum absolute atomic E-state index is 0.0604. The number of hydrogen-bond donors (Lipinski definition) is 3. The Morgan fingerprint density at radius 3 is 2.88 bits per heavy atom. The van der Waals surface area contributed by atoms with Gasteiger partial charge >= 0.3 is 0 Å². The van der Waals surface area contributed by atoms with Gasteiger partial charge in [0.2, 0.25) is 0 Å². The molecule has 1 aromatic heterocycles. The number of oxazole rings is 1. The van der Waals surface area contributed by atoms with Gasteiger partial charge in [-0.2, -0.15) is 0 Å². The summed E-state index contributed by atoms with van der Waals surface area (Å²) >= 11 is 0. The number of phenolic OH excluding ortho intramolecular Hbond substituents is 1. The first-order valence-corrected chi connectivity index (χ1v) is 4.68. The number of nitrogens with zero attached hydrogens (tertiary/aromatic N) is 1. The van der Waals surface area contributed by atoms with Crippen LogP contribution >= 0.6 is 0 Å². The predicted molar refractivity (Wildman–Crippen MR) is 59.7 cm³/mol. The molecule has 16 heavy (non-hydrogen) atoms. The van der Waals surface area contributed by atoms with Crippen molar-refractivity contribution < 1.29 is 9.52 Å². The second-order valence-electron chi connectivity index (χ2n) is 3.39. The molecule has 0 fully saturated rings. The third kappa shape index (κ3) is 1.75. The van der Waals surface area contributed by atoms with Crippen LogP contribution < -0.4 is 5.73 Å². The highest BCUT2D eigenvalue weighted by Crippen LogP contribution is 2.21. The van der Waals surface area contributed by atoms with Gasteiger partial charge in [0.25, 0.3) is 0 Å². The Bertz CT molecular complexity index is 546. The van der Waals surface area contributed by atoms with E-state index in [1.807, 2.05) is 0 Å².